The minimum absolute atomic E-state index is 0.156. The summed E-state index contributed by atoms with van der Waals surface area (Å²) in [5, 5.41) is 24.9. The number of methoxy groups -OCH3 is 2. The van der Waals surface area contributed by atoms with Crippen molar-refractivity contribution in [2.75, 3.05) is 19.5 Å². The molecule has 0 saturated carbocycles. The molecule has 278 valence electrons. The number of hydrogen-bond donors (Lipinski definition) is 1. The van der Waals surface area contributed by atoms with Gasteiger partial charge >= 0.3 is 0 Å². The van der Waals surface area contributed by atoms with Gasteiger partial charge in [0.2, 0.25) is 0 Å². The summed E-state index contributed by atoms with van der Waals surface area (Å²) in [5.41, 5.74) is 2.34. The Morgan fingerprint density at radius 2 is 1.84 bits per heavy atom. The van der Waals surface area contributed by atoms with Crippen LogP contribution in [0.2, 0.25) is 5.02 Å². The van der Waals surface area contributed by atoms with E-state index >= 15 is 0 Å². The van der Waals surface area contributed by atoms with Crippen LogP contribution >= 0.6 is 34.7 Å². The number of non-ortho nitro benzene ring substituents is 1. The fraction of sp³-hybridized carbons (Fsp3) is 0.154. The van der Waals surface area contributed by atoms with Gasteiger partial charge in [-0.05, 0) is 79.7 Å². The lowest BCUT2D eigenvalue weighted by atomic mass is 9.94. The molecule has 1 aliphatic rings. The molecule has 55 heavy (non-hydrogen) atoms. The standard InChI is InChI=1S/C39H32ClN7O6S2/c1-5-45-35(23-10-9-11-25(40)18-23)43-44-39(45)54-31-17-14-27(47(50)51)19-24(31)20-32-37(49)46-34(29-16-15-28(52-3)21-30(29)53-4)33(22(2)41-38(46)55-32)36(48)42-26-12-7-6-8-13-26/h6-21,34H,5H2,1-4H3,(H,42,48)/b32-20+/t34-/m0/s1. The number of carbonyl (C=O) groups excluding carboxylic acids is 1. The molecule has 1 amide bonds. The lowest BCUT2D eigenvalue weighted by Crippen LogP contribution is -2.40. The van der Waals surface area contributed by atoms with Gasteiger partial charge in [-0.1, -0.05) is 53.3 Å². The van der Waals surface area contributed by atoms with Crippen LogP contribution in [0.3, 0.4) is 0 Å². The number of para-hydroxylation sites is 1. The summed E-state index contributed by atoms with van der Waals surface area (Å²) in [6, 6.07) is 25.0. The Morgan fingerprint density at radius 1 is 1.04 bits per heavy atom. The molecule has 2 aromatic heterocycles. The smallest absolute Gasteiger partial charge is 0.271 e. The molecule has 1 aliphatic heterocycles. The van der Waals surface area contributed by atoms with Gasteiger partial charge in [-0.25, -0.2) is 4.99 Å². The van der Waals surface area contributed by atoms with Gasteiger partial charge in [0.05, 0.1) is 34.9 Å². The molecule has 6 aromatic rings. The molecular weight excluding hydrogens is 762 g/mol. The van der Waals surface area contributed by atoms with Crippen molar-refractivity contribution in [2.45, 2.75) is 36.5 Å². The molecule has 0 saturated heterocycles. The van der Waals surface area contributed by atoms with Gasteiger partial charge in [0.1, 0.15) is 17.5 Å². The van der Waals surface area contributed by atoms with Gasteiger partial charge in [-0.15, -0.1) is 10.2 Å². The van der Waals surface area contributed by atoms with Crippen molar-refractivity contribution in [3.05, 3.63) is 148 Å². The van der Waals surface area contributed by atoms with Crippen LogP contribution in [-0.4, -0.2) is 44.4 Å². The zero-order valence-corrected chi connectivity index (χ0v) is 32.2. The molecule has 0 fully saturated rings. The highest BCUT2D eigenvalue weighted by molar-refractivity contribution is 7.99. The number of rotatable bonds is 11. The number of nitrogens with one attached hydrogen (secondary N) is 1. The van der Waals surface area contributed by atoms with Gasteiger partial charge in [0.15, 0.2) is 15.8 Å². The summed E-state index contributed by atoms with van der Waals surface area (Å²) in [6.45, 7) is 4.22. The van der Waals surface area contributed by atoms with Crippen molar-refractivity contribution >= 4 is 58.1 Å². The normalized spacial score (nSPS) is 14.0. The van der Waals surface area contributed by atoms with E-state index < -0.39 is 22.4 Å². The Morgan fingerprint density at radius 3 is 2.55 bits per heavy atom. The SMILES string of the molecule is CCn1c(Sc2ccc([N+](=O)[O-])cc2/C=c2/sc3n(c2=O)[C@@H](c2ccc(OC)cc2OC)C(C(=O)Nc2ccccc2)=C(C)N=3)nnc1-c1cccc(Cl)c1. The summed E-state index contributed by atoms with van der Waals surface area (Å²) in [6.07, 6.45) is 1.61. The van der Waals surface area contributed by atoms with Crippen molar-refractivity contribution in [2.24, 2.45) is 4.99 Å². The van der Waals surface area contributed by atoms with Crippen LogP contribution in [0, 0.1) is 10.1 Å². The van der Waals surface area contributed by atoms with E-state index in [4.69, 9.17) is 26.1 Å². The molecule has 0 spiro atoms. The number of aromatic nitrogens is 4. The number of ether oxygens (including phenoxy) is 2. The van der Waals surface area contributed by atoms with E-state index in [1.807, 2.05) is 29.7 Å². The Balaban J connectivity index is 1.37. The maximum atomic E-state index is 14.6. The van der Waals surface area contributed by atoms with E-state index in [1.54, 1.807) is 73.7 Å². The number of halogens is 1. The predicted molar refractivity (Wildman–Crippen MR) is 212 cm³/mol. The first kappa shape index (κ1) is 37.3. The van der Waals surface area contributed by atoms with Gasteiger partial charge in [0.25, 0.3) is 17.2 Å². The maximum Gasteiger partial charge on any atom is 0.271 e. The number of thiazole rings is 1. The molecule has 0 unspecified atom stereocenters. The van der Waals surface area contributed by atoms with Crippen LogP contribution in [0.4, 0.5) is 11.4 Å². The number of fused-ring (bicyclic) bond motifs is 1. The Hall–Kier alpha value is -6.03. The second kappa shape index (κ2) is 15.8. The lowest BCUT2D eigenvalue weighted by Gasteiger charge is -2.26. The highest BCUT2D eigenvalue weighted by Gasteiger charge is 2.34. The number of nitrogens with zero attached hydrogens (tertiary/aromatic N) is 6. The van der Waals surface area contributed by atoms with Crippen LogP contribution in [0.15, 0.2) is 122 Å². The molecule has 1 N–H and O–H groups in total. The largest absolute Gasteiger partial charge is 0.497 e. The molecule has 16 heteroatoms. The van der Waals surface area contributed by atoms with Crippen LogP contribution in [0.25, 0.3) is 17.5 Å². The average molecular weight is 794 g/mol. The van der Waals surface area contributed by atoms with E-state index in [0.29, 0.717) is 66.3 Å². The van der Waals surface area contributed by atoms with E-state index in [2.05, 4.69) is 15.5 Å². The second-order valence-electron chi connectivity index (χ2n) is 12.2. The number of nitro benzene ring substituents is 1. The number of benzene rings is 4. The van der Waals surface area contributed by atoms with Gasteiger partial charge in [-0.2, -0.15) is 0 Å². The lowest BCUT2D eigenvalue weighted by molar-refractivity contribution is -0.384. The van der Waals surface area contributed by atoms with E-state index in [0.717, 1.165) is 16.9 Å². The van der Waals surface area contributed by atoms with Gasteiger partial charge < -0.3 is 19.4 Å². The van der Waals surface area contributed by atoms with Crippen molar-refractivity contribution < 1.29 is 19.2 Å². The van der Waals surface area contributed by atoms with Crippen LogP contribution in [0.1, 0.15) is 31.0 Å². The first-order valence-electron chi connectivity index (χ1n) is 16.9. The van der Waals surface area contributed by atoms with Crippen molar-refractivity contribution in [3.63, 3.8) is 0 Å². The van der Waals surface area contributed by atoms with Gasteiger partial charge in [-0.3, -0.25) is 24.3 Å². The number of nitro groups is 1. The number of anilines is 1. The Bertz CT molecular complexity index is 2690. The van der Waals surface area contributed by atoms with E-state index in [9.17, 15) is 19.7 Å². The topological polar surface area (TPSA) is 156 Å². The third-order valence-corrected chi connectivity index (χ3v) is 11.1. The zero-order valence-electron chi connectivity index (χ0n) is 29.8. The second-order valence-corrected chi connectivity index (χ2v) is 14.6. The Labute approximate surface area is 327 Å². The van der Waals surface area contributed by atoms with Crippen LogP contribution in [-0.2, 0) is 11.3 Å². The molecule has 7 rings (SSSR count). The summed E-state index contributed by atoms with van der Waals surface area (Å²) >= 11 is 8.63. The monoisotopic (exact) mass is 793 g/mol. The Kier molecular flexibility index (Phi) is 10.7. The molecular formula is C39H32ClN7O6S2. The van der Waals surface area contributed by atoms with Crippen molar-refractivity contribution in [1.82, 2.24) is 19.3 Å². The molecule has 1 atom stereocenters. The molecule has 3 heterocycles. The number of amides is 1. The summed E-state index contributed by atoms with van der Waals surface area (Å²) < 4.78 is 14.8. The molecule has 13 nitrogen and oxygen atoms in total. The third kappa shape index (κ3) is 7.41. The molecule has 4 aromatic carbocycles. The average Bonchev–Trinajstić information content (AvgIpc) is 3.73. The minimum atomic E-state index is -0.949. The minimum Gasteiger partial charge on any atom is -0.497 e. The van der Waals surface area contributed by atoms with Gasteiger partial charge in [0, 0.05) is 51.5 Å². The predicted octanol–water partition coefficient (Wildman–Crippen LogP) is 6.88. The molecule has 0 bridgehead atoms. The zero-order chi connectivity index (χ0) is 38.8. The highest BCUT2D eigenvalue weighted by atomic mass is 35.5. The summed E-state index contributed by atoms with van der Waals surface area (Å²) in [4.78, 5) is 45.9. The van der Waals surface area contributed by atoms with Crippen LogP contribution in [0.5, 0.6) is 11.5 Å². The quantitative estimate of drug-likeness (QED) is 0.109. The number of allylic oxidation sites excluding steroid dienone is 1. The van der Waals surface area contributed by atoms with E-state index in [-0.39, 0.29) is 15.8 Å². The van der Waals surface area contributed by atoms with E-state index in [1.165, 1.54) is 42.7 Å². The highest BCUT2D eigenvalue weighted by Crippen LogP contribution is 2.38. The molecule has 0 radical (unpaired) electrons. The fourth-order valence-corrected chi connectivity index (χ4v) is 8.46. The summed E-state index contributed by atoms with van der Waals surface area (Å²) in [7, 11) is 3.03. The third-order valence-electron chi connectivity index (χ3n) is 8.84. The molecule has 0 aliphatic carbocycles. The summed E-state index contributed by atoms with van der Waals surface area (Å²) in [5.74, 6) is 1.09. The first-order valence-corrected chi connectivity index (χ1v) is 18.9. The number of carbonyl (C=O) groups is 1. The number of hydrogen-bond acceptors (Lipinski definition) is 11. The van der Waals surface area contributed by atoms with Crippen LogP contribution < -0.4 is 29.7 Å². The first-order chi connectivity index (χ1) is 26.6. The fourth-order valence-electron chi connectivity index (χ4n) is 6.26. The van der Waals surface area contributed by atoms with Crippen molar-refractivity contribution in [3.8, 4) is 22.9 Å². The maximum absolute atomic E-state index is 14.6. The van der Waals surface area contributed by atoms with Crippen molar-refractivity contribution in [1.29, 1.82) is 0 Å².